The molecule has 0 saturated heterocycles. The molecule has 7 heteroatoms. The van der Waals surface area contributed by atoms with E-state index in [9.17, 15) is 4.79 Å². The zero-order chi connectivity index (χ0) is 12.2. The Bertz CT molecular complexity index is 809. The Morgan fingerprint density at radius 3 is 2.76 bits per heavy atom. The highest BCUT2D eigenvalue weighted by atomic mass is 35.5. The first-order valence-electron chi connectivity index (χ1n) is 4.54. The van der Waals surface area contributed by atoms with Crippen molar-refractivity contribution in [1.29, 1.82) is 0 Å². The topological polar surface area (TPSA) is 34.4 Å². The van der Waals surface area contributed by atoms with Crippen molar-refractivity contribution in [2.24, 2.45) is 0 Å². The average Bonchev–Trinajstić information content (AvgIpc) is 2.55. The Morgan fingerprint density at radius 2 is 2.00 bits per heavy atom. The predicted octanol–water partition coefficient (Wildman–Crippen LogP) is 3.87. The third kappa shape index (κ3) is 1.56. The minimum atomic E-state index is -0.302. The molecular weight excluding hydrogens is 303 g/mol. The molecule has 0 radical (unpaired) electrons. The number of fused-ring (bicyclic) bond motifs is 2. The highest BCUT2D eigenvalue weighted by molar-refractivity contribution is 7.21. The van der Waals surface area contributed by atoms with E-state index >= 15 is 0 Å². The van der Waals surface area contributed by atoms with Gasteiger partial charge in [0.05, 0.1) is 15.9 Å². The van der Waals surface area contributed by atoms with Crippen LogP contribution < -0.4 is 5.56 Å². The van der Waals surface area contributed by atoms with Crippen molar-refractivity contribution in [3.8, 4) is 0 Å². The molecule has 3 nitrogen and oxygen atoms in total. The molecule has 0 atom stereocenters. The number of rotatable bonds is 0. The fraction of sp³-hybridized carbons (Fsp3) is 0. The fourth-order valence-corrected chi connectivity index (χ4v) is 3.23. The smallest absolute Gasteiger partial charge is 0.268 e. The summed E-state index contributed by atoms with van der Waals surface area (Å²) in [6.45, 7) is 0. The minimum absolute atomic E-state index is 0.172. The molecule has 3 aromatic rings. The van der Waals surface area contributed by atoms with Crippen molar-refractivity contribution in [3.63, 3.8) is 0 Å². The van der Waals surface area contributed by atoms with Gasteiger partial charge in [-0.05, 0) is 12.1 Å². The molecule has 2 heterocycles. The number of nitrogens with zero attached hydrogens (tertiary/aromatic N) is 2. The molecule has 0 aliphatic heterocycles. The quantitative estimate of drug-likeness (QED) is 0.632. The molecule has 0 unspecified atom stereocenters. The van der Waals surface area contributed by atoms with Gasteiger partial charge >= 0.3 is 0 Å². The van der Waals surface area contributed by atoms with Crippen LogP contribution in [0.3, 0.4) is 0 Å². The van der Waals surface area contributed by atoms with Crippen LogP contribution >= 0.6 is 46.1 Å². The lowest BCUT2D eigenvalue weighted by Crippen LogP contribution is -2.14. The second kappa shape index (κ2) is 3.85. The molecule has 0 bridgehead atoms. The van der Waals surface area contributed by atoms with Gasteiger partial charge in [-0.1, -0.05) is 52.2 Å². The minimum Gasteiger partial charge on any atom is -0.268 e. The van der Waals surface area contributed by atoms with Gasteiger partial charge in [0.1, 0.15) is 9.49 Å². The van der Waals surface area contributed by atoms with Gasteiger partial charge in [-0.15, -0.1) is 0 Å². The molecule has 0 amide bonds. The van der Waals surface area contributed by atoms with Crippen LogP contribution in [0.2, 0.25) is 14.5 Å². The van der Waals surface area contributed by atoms with Crippen LogP contribution in [0.15, 0.2) is 23.0 Å². The summed E-state index contributed by atoms with van der Waals surface area (Å²) in [4.78, 5) is 17.0. The number of halogens is 3. The van der Waals surface area contributed by atoms with Crippen molar-refractivity contribution >= 4 is 62.0 Å². The highest BCUT2D eigenvalue weighted by Gasteiger charge is 2.15. The summed E-state index contributed by atoms with van der Waals surface area (Å²) < 4.78 is 1.60. The molecule has 0 aliphatic carbocycles. The zero-order valence-corrected chi connectivity index (χ0v) is 11.2. The SMILES string of the molecule is O=c1c2c(Cl)cccc2nc2sc(Cl)c(Cl)n12. The predicted molar refractivity (Wildman–Crippen MR) is 71.9 cm³/mol. The van der Waals surface area contributed by atoms with E-state index in [0.717, 1.165) is 11.3 Å². The second-order valence-corrected chi connectivity index (χ2v) is 5.68. The van der Waals surface area contributed by atoms with Crippen molar-refractivity contribution in [2.75, 3.05) is 0 Å². The van der Waals surface area contributed by atoms with Crippen LogP contribution in [0.1, 0.15) is 0 Å². The van der Waals surface area contributed by atoms with Gasteiger partial charge in [-0.2, -0.15) is 0 Å². The van der Waals surface area contributed by atoms with E-state index < -0.39 is 0 Å². The molecule has 3 rings (SSSR count). The molecule has 86 valence electrons. The Hall–Kier alpha value is -0.810. The number of benzene rings is 1. The van der Waals surface area contributed by atoms with Crippen LogP contribution in [0, 0.1) is 0 Å². The monoisotopic (exact) mass is 304 g/mol. The Labute approximate surface area is 114 Å². The molecule has 17 heavy (non-hydrogen) atoms. The van der Waals surface area contributed by atoms with Crippen LogP contribution in [-0.4, -0.2) is 9.38 Å². The molecule has 0 saturated carbocycles. The summed E-state index contributed by atoms with van der Waals surface area (Å²) in [5.74, 6) is 0. The highest BCUT2D eigenvalue weighted by Crippen LogP contribution is 2.31. The standard InChI is InChI=1S/C10H3Cl3N2OS/c11-4-2-1-3-5-6(4)9(16)15-7(12)8(13)17-10(15)14-5/h1-3H. The van der Waals surface area contributed by atoms with Gasteiger partial charge in [-0.3, -0.25) is 4.79 Å². The van der Waals surface area contributed by atoms with Crippen molar-refractivity contribution < 1.29 is 0 Å². The zero-order valence-electron chi connectivity index (χ0n) is 8.08. The molecule has 0 N–H and O–H groups in total. The van der Waals surface area contributed by atoms with E-state index in [2.05, 4.69) is 4.98 Å². The fourth-order valence-electron chi connectivity index (χ4n) is 1.62. The van der Waals surface area contributed by atoms with E-state index in [4.69, 9.17) is 34.8 Å². The van der Waals surface area contributed by atoms with Crippen molar-refractivity contribution in [1.82, 2.24) is 9.38 Å². The Morgan fingerprint density at radius 1 is 1.24 bits per heavy atom. The van der Waals surface area contributed by atoms with E-state index in [0.29, 0.717) is 25.2 Å². The van der Waals surface area contributed by atoms with E-state index in [1.807, 2.05) is 0 Å². The van der Waals surface area contributed by atoms with Crippen LogP contribution in [0.5, 0.6) is 0 Å². The third-order valence-corrected chi connectivity index (χ3v) is 4.48. The normalized spacial score (nSPS) is 11.5. The van der Waals surface area contributed by atoms with Crippen LogP contribution in [0.4, 0.5) is 0 Å². The number of hydrogen-bond acceptors (Lipinski definition) is 3. The van der Waals surface area contributed by atoms with Gasteiger partial charge in [-0.25, -0.2) is 9.38 Å². The van der Waals surface area contributed by atoms with E-state index in [1.54, 1.807) is 18.2 Å². The second-order valence-electron chi connectivity index (χ2n) is 3.34. The average molecular weight is 306 g/mol. The summed E-state index contributed by atoms with van der Waals surface area (Å²) in [5, 5.41) is 0.877. The van der Waals surface area contributed by atoms with Gasteiger partial charge < -0.3 is 0 Å². The van der Waals surface area contributed by atoms with Crippen molar-refractivity contribution in [2.45, 2.75) is 0 Å². The number of aromatic nitrogens is 2. The van der Waals surface area contributed by atoms with E-state index in [-0.39, 0.29) is 10.7 Å². The van der Waals surface area contributed by atoms with Crippen LogP contribution in [0.25, 0.3) is 15.9 Å². The largest absolute Gasteiger partial charge is 0.269 e. The molecule has 0 spiro atoms. The summed E-state index contributed by atoms with van der Waals surface area (Å²) in [5.41, 5.74) is 0.237. The van der Waals surface area contributed by atoms with Crippen LogP contribution in [-0.2, 0) is 0 Å². The molecule has 1 aromatic carbocycles. The first kappa shape index (κ1) is 11.3. The maximum atomic E-state index is 12.2. The lowest BCUT2D eigenvalue weighted by Gasteiger charge is -2.00. The maximum absolute atomic E-state index is 12.2. The molecule has 0 fully saturated rings. The van der Waals surface area contributed by atoms with Gasteiger partial charge in [0, 0.05) is 0 Å². The Kier molecular flexibility index (Phi) is 2.56. The molecule has 2 aromatic heterocycles. The number of thiazole rings is 1. The van der Waals surface area contributed by atoms with Crippen molar-refractivity contribution in [3.05, 3.63) is 43.1 Å². The summed E-state index contributed by atoms with van der Waals surface area (Å²) in [7, 11) is 0. The summed E-state index contributed by atoms with van der Waals surface area (Å²) >= 11 is 19.0. The summed E-state index contributed by atoms with van der Waals surface area (Å²) in [6, 6.07) is 5.11. The first-order valence-corrected chi connectivity index (χ1v) is 6.49. The third-order valence-electron chi connectivity index (χ3n) is 2.36. The maximum Gasteiger partial charge on any atom is 0.269 e. The first-order chi connectivity index (χ1) is 8.09. The van der Waals surface area contributed by atoms with Gasteiger partial charge in [0.2, 0.25) is 0 Å². The lowest BCUT2D eigenvalue weighted by molar-refractivity contribution is 1.11. The summed E-state index contributed by atoms with van der Waals surface area (Å²) in [6.07, 6.45) is 0. The lowest BCUT2D eigenvalue weighted by atomic mass is 10.2. The van der Waals surface area contributed by atoms with E-state index in [1.165, 1.54) is 4.40 Å². The number of hydrogen-bond donors (Lipinski definition) is 0. The Balaban J connectivity index is 2.68. The molecular formula is C10H3Cl3N2OS. The molecule has 0 aliphatic rings. The van der Waals surface area contributed by atoms with Gasteiger partial charge in [0.15, 0.2) is 4.96 Å². The van der Waals surface area contributed by atoms with Gasteiger partial charge in [0.25, 0.3) is 5.56 Å².